The van der Waals surface area contributed by atoms with E-state index in [1.54, 1.807) is 12.3 Å². The first kappa shape index (κ1) is 11.1. The molecule has 3 nitrogen and oxygen atoms in total. The quantitative estimate of drug-likeness (QED) is 0.483. The number of para-hydroxylation sites is 2. The highest BCUT2D eigenvalue weighted by atomic mass is 16.4. The van der Waals surface area contributed by atoms with Gasteiger partial charge in [0, 0.05) is 16.3 Å². The van der Waals surface area contributed by atoms with Crippen LogP contribution in [0.25, 0.3) is 33.1 Å². The first-order valence-electron chi connectivity index (χ1n) is 6.32. The third-order valence-electron chi connectivity index (χ3n) is 3.41. The van der Waals surface area contributed by atoms with Crippen LogP contribution in [0, 0.1) is 0 Å². The molecule has 2 aromatic carbocycles. The van der Waals surface area contributed by atoms with Crippen LogP contribution < -0.4 is 5.63 Å². The lowest BCUT2D eigenvalue weighted by Gasteiger charge is -2.00. The average molecular weight is 262 g/mol. The van der Waals surface area contributed by atoms with E-state index in [0.29, 0.717) is 11.1 Å². The molecule has 2 aromatic heterocycles. The van der Waals surface area contributed by atoms with Crippen molar-refractivity contribution < 1.29 is 8.83 Å². The van der Waals surface area contributed by atoms with Gasteiger partial charge < -0.3 is 8.83 Å². The Hall–Kier alpha value is -2.81. The van der Waals surface area contributed by atoms with Crippen LogP contribution in [0.15, 0.2) is 74.5 Å². The van der Waals surface area contributed by atoms with Crippen molar-refractivity contribution in [1.82, 2.24) is 0 Å². The van der Waals surface area contributed by atoms with Gasteiger partial charge in [0.1, 0.15) is 11.2 Å². The highest BCUT2D eigenvalue weighted by Crippen LogP contribution is 2.29. The maximum Gasteiger partial charge on any atom is 0.344 e. The maximum atomic E-state index is 12.2. The van der Waals surface area contributed by atoms with Crippen LogP contribution in [0.3, 0.4) is 0 Å². The van der Waals surface area contributed by atoms with E-state index in [9.17, 15) is 4.79 Å². The van der Waals surface area contributed by atoms with Gasteiger partial charge in [-0.25, -0.2) is 4.79 Å². The van der Waals surface area contributed by atoms with E-state index in [-0.39, 0.29) is 5.63 Å². The molecule has 4 aromatic rings. The third kappa shape index (κ3) is 1.57. The Balaban J connectivity index is 2.07. The van der Waals surface area contributed by atoms with Gasteiger partial charge in [0.25, 0.3) is 0 Å². The molecule has 0 aliphatic carbocycles. The zero-order chi connectivity index (χ0) is 13.5. The van der Waals surface area contributed by atoms with Crippen LogP contribution in [0.2, 0.25) is 0 Å². The SMILES string of the molecule is O=c1oc2ccccc2cc1-c1coc2ccccc12. The second-order valence-corrected chi connectivity index (χ2v) is 4.63. The molecular formula is C17H10O3. The normalized spacial score (nSPS) is 11.2. The molecule has 4 rings (SSSR count). The molecule has 2 heterocycles. The van der Waals surface area contributed by atoms with E-state index in [4.69, 9.17) is 8.83 Å². The van der Waals surface area contributed by atoms with Crippen molar-refractivity contribution in [3.63, 3.8) is 0 Å². The number of fused-ring (bicyclic) bond motifs is 2. The van der Waals surface area contributed by atoms with E-state index in [0.717, 1.165) is 21.9 Å². The predicted molar refractivity (Wildman–Crippen MR) is 77.7 cm³/mol. The fourth-order valence-corrected chi connectivity index (χ4v) is 2.44. The summed E-state index contributed by atoms with van der Waals surface area (Å²) in [4.78, 5) is 12.2. The summed E-state index contributed by atoms with van der Waals surface area (Å²) in [6.45, 7) is 0. The lowest BCUT2D eigenvalue weighted by molar-refractivity contribution is 0.563. The van der Waals surface area contributed by atoms with Gasteiger partial charge in [-0.2, -0.15) is 0 Å². The zero-order valence-electron chi connectivity index (χ0n) is 10.5. The zero-order valence-corrected chi connectivity index (χ0v) is 10.5. The molecule has 0 N–H and O–H groups in total. The summed E-state index contributed by atoms with van der Waals surface area (Å²) in [5.74, 6) is 0. The van der Waals surface area contributed by atoms with Gasteiger partial charge in [-0.3, -0.25) is 0 Å². The summed E-state index contributed by atoms with van der Waals surface area (Å²) in [5, 5.41) is 1.81. The van der Waals surface area contributed by atoms with Gasteiger partial charge >= 0.3 is 5.63 Å². The van der Waals surface area contributed by atoms with Gasteiger partial charge in [0.2, 0.25) is 0 Å². The van der Waals surface area contributed by atoms with E-state index < -0.39 is 0 Å². The number of benzene rings is 2. The van der Waals surface area contributed by atoms with Crippen LogP contribution in [-0.4, -0.2) is 0 Å². The van der Waals surface area contributed by atoms with Crippen molar-refractivity contribution >= 4 is 21.9 Å². The summed E-state index contributed by atoms with van der Waals surface area (Å²) in [7, 11) is 0. The lowest BCUT2D eigenvalue weighted by atomic mass is 10.1. The Kier molecular flexibility index (Phi) is 2.27. The molecule has 0 unspecified atom stereocenters. The van der Waals surface area contributed by atoms with Crippen LogP contribution in [-0.2, 0) is 0 Å². The molecule has 0 amide bonds. The molecule has 3 heteroatoms. The first-order valence-corrected chi connectivity index (χ1v) is 6.32. The van der Waals surface area contributed by atoms with Crippen molar-refractivity contribution in [2.75, 3.05) is 0 Å². The number of furan rings is 1. The number of hydrogen-bond donors (Lipinski definition) is 0. The number of rotatable bonds is 1. The van der Waals surface area contributed by atoms with Crippen LogP contribution in [0.5, 0.6) is 0 Å². The topological polar surface area (TPSA) is 43.4 Å². The van der Waals surface area contributed by atoms with E-state index in [1.807, 2.05) is 48.5 Å². The average Bonchev–Trinajstić information content (AvgIpc) is 2.90. The molecule has 0 saturated heterocycles. The lowest BCUT2D eigenvalue weighted by Crippen LogP contribution is -2.02. The maximum absolute atomic E-state index is 12.2. The molecule has 0 radical (unpaired) electrons. The summed E-state index contributed by atoms with van der Waals surface area (Å²) < 4.78 is 10.9. The highest BCUT2D eigenvalue weighted by Gasteiger charge is 2.13. The fourth-order valence-electron chi connectivity index (χ4n) is 2.44. The van der Waals surface area contributed by atoms with E-state index in [2.05, 4.69) is 0 Å². The van der Waals surface area contributed by atoms with Crippen LogP contribution >= 0.6 is 0 Å². The highest BCUT2D eigenvalue weighted by molar-refractivity contribution is 5.95. The van der Waals surface area contributed by atoms with Crippen molar-refractivity contribution in [2.24, 2.45) is 0 Å². The van der Waals surface area contributed by atoms with Gasteiger partial charge in [-0.1, -0.05) is 36.4 Å². The minimum atomic E-state index is -0.352. The second-order valence-electron chi connectivity index (χ2n) is 4.63. The molecule has 0 bridgehead atoms. The summed E-state index contributed by atoms with van der Waals surface area (Å²) in [6, 6.07) is 16.9. The minimum Gasteiger partial charge on any atom is -0.464 e. The molecule has 20 heavy (non-hydrogen) atoms. The standard InChI is InChI=1S/C17H10O3/c18-17-13(9-11-5-1-3-7-15(11)20-17)14-10-19-16-8-4-2-6-12(14)16/h1-10H. The third-order valence-corrected chi connectivity index (χ3v) is 3.41. The summed E-state index contributed by atoms with van der Waals surface area (Å²) in [5.41, 5.74) is 2.29. The monoisotopic (exact) mass is 262 g/mol. The Morgan fingerprint density at radius 3 is 2.45 bits per heavy atom. The van der Waals surface area contributed by atoms with Gasteiger partial charge in [-0.05, 0) is 18.2 Å². The molecular weight excluding hydrogens is 252 g/mol. The first-order chi connectivity index (χ1) is 9.83. The van der Waals surface area contributed by atoms with E-state index in [1.165, 1.54) is 0 Å². The Morgan fingerprint density at radius 1 is 0.800 bits per heavy atom. The fraction of sp³-hybridized carbons (Fsp3) is 0. The minimum absolute atomic E-state index is 0.352. The second kappa shape index (κ2) is 4.10. The van der Waals surface area contributed by atoms with Crippen molar-refractivity contribution in [1.29, 1.82) is 0 Å². The largest absolute Gasteiger partial charge is 0.464 e. The summed E-state index contributed by atoms with van der Waals surface area (Å²) in [6.07, 6.45) is 1.60. The molecule has 96 valence electrons. The van der Waals surface area contributed by atoms with Crippen LogP contribution in [0.4, 0.5) is 0 Å². The molecule has 0 spiro atoms. The van der Waals surface area contributed by atoms with Crippen molar-refractivity contribution in [3.05, 3.63) is 71.3 Å². The Bertz CT molecular complexity index is 976. The molecule has 0 atom stereocenters. The van der Waals surface area contributed by atoms with Crippen molar-refractivity contribution in [3.8, 4) is 11.1 Å². The predicted octanol–water partition coefficient (Wildman–Crippen LogP) is 4.21. The Morgan fingerprint density at radius 2 is 1.55 bits per heavy atom. The molecule has 0 fully saturated rings. The van der Waals surface area contributed by atoms with Crippen molar-refractivity contribution in [2.45, 2.75) is 0 Å². The number of hydrogen-bond acceptors (Lipinski definition) is 3. The van der Waals surface area contributed by atoms with Crippen LogP contribution in [0.1, 0.15) is 0 Å². The smallest absolute Gasteiger partial charge is 0.344 e. The molecule has 0 aliphatic rings. The Labute approximate surface area is 114 Å². The van der Waals surface area contributed by atoms with Gasteiger partial charge in [-0.15, -0.1) is 0 Å². The molecule has 0 saturated carbocycles. The molecule has 0 aliphatic heterocycles. The van der Waals surface area contributed by atoms with E-state index >= 15 is 0 Å². The van der Waals surface area contributed by atoms with Gasteiger partial charge in [0.05, 0.1) is 11.8 Å². The summed E-state index contributed by atoms with van der Waals surface area (Å²) >= 11 is 0. The van der Waals surface area contributed by atoms with Gasteiger partial charge in [0.15, 0.2) is 0 Å².